The van der Waals surface area contributed by atoms with Crippen LogP contribution < -0.4 is 8.37 Å². The fourth-order valence-corrected chi connectivity index (χ4v) is 5.88. The van der Waals surface area contributed by atoms with Crippen LogP contribution in [-0.4, -0.2) is 27.9 Å². The van der Waals surface area contributed by atoms with Gasteiger partial charge in [0.25, 0.3) is 0 Å². The van der Waals surface area contributed by atoms with Crippen LogP contribution in [0.1, 0.15) is 0 Å². The molecule has 202 valence electrons. The average molecular weight is 802 g/mol. The lowest BCUT2D eigenvalue weighted by Crippen LogP contribution is -2.28. The Labute approximate surface area is 238 Å². The lowest BCUT2D eigenvalue weighted by atomic mass is 9.92. The van der Waals surface area contributed by atoms with Crippen molar-refractivity contribution in [3.05, 3.63) is 67.8 Å². The molecule has 0 aliphatic heterocycles. The fraction of sp³-hybridized carbons (Fsp3) is 0.0909. The van der Waals surface area contributed by atoms with Crippen molar-refractivity contribution >= 4 is 87.0 Å². The van der Waals surface area contributed by atoms with Crippen LogP contribution in [0.2, 0.25) is 0 Å². The first kappa shape index (κ1) is 28.9. The predicted molar refractivity (Wildman–Crippen MR) is 144 cm³/mol. The van der Waals surface area contributed by atoms with E-state index in [-0.39, 0.29) is 10.8 Å². The molecular formula is C22H10F6I2O6S2. The zero-order chi connectivity index (χ0) is 28.3. The summed E-state index contributed by atoms with van der Waals surface area (Å²) in [6, 6.07) is 13.3. The third-order valence-electron chi connectivity index (χ3n) is 5.16. The summed E-state index contributed by atoms with van der Waals surface area (Å²) in [5.74, 6) is -1.81. The van der Waals surface area contributed by atoms with E-state index in [0.717, 1.165) is 12.1 Å². The Hall–Kier alpha value is -2.06. The minimum Gasteiger partial charge on any atom is -0.375 e. The van der Waals surface area contributed by atoms with Crippen LogP contribution in [-0.2, 0) is 20.2 Å². The van der Waals surface area contributed by atoms with Crippen molar-refractivity contribution in [2.24, 2.45) is 0 Å². The number of alkyl halides is 6. The Morgan fingerprint density at radius 2 is 0.868 bits per heavy atom. The van der Waals surface area contributed by atoms with Crippen LogP contribution in [0.3, 0.4) is 0 Å². The van der Waals surface area contributed by atoms with E-state index in [9.17, 15) is 43.2 Å². The molecule has 6 nitrogen and oxygen atoms in total. The summed E-state index contributed by atoms with van der Waals surface area (Å²) in [5.41, 5.74) is -12.5. The lowest BCUT2D eigenvalue weighted by Gasteiger charge is -2.20. The maximum atomic E-state index is 13.2. The van der Waals surface area contributed by atoms with Gasteiger partial charge in [0.15, 0.2) is 11.5 Å². The summed E-state index contributed by atoms with van der Waals surface area (Å²) in [6.45, 7) is 0. The van der Waals surface area contributed by atoms with Gasteiger partial charge in [-0.15, -0.1) is 0 Å². The van der Waals surface area contributed by atoms with Gasteiger partial charge in [0, 0.05) is 18.3 Å². The Morgan fingerprint density at radius 1 is 0.526 bits per heavy atom. The molecule has 0 unspecified atom stereocenters. The number of hydrogen-bond acceptors (Lipinski definition) is 6. The smallest absolute Gasteiger partial charge is 0.375 e. The molecule has 4 aromatic carbocycles. The second-order valence-electron chi connectivity index (χ2n) is 7.51. The van der Waals surface area contributed by atoms with E-state index in [4.69, 9.17) is 0 Å². The van der Waals surface area contributed by atoms with Gasteiger partial charge < -0.3 is 8.37 Å². The highest BCUT2D eigenvalue weighted by atomic mass is 127. The summed E-state index contributed by atoms with van der Waals surface area (Å²) in [6.07, 6.45) is 0. The normalized spacial score (nSPS) is 13.2. The summed E-state index contributed by atoms with van der Waals surface area (Å²) in [7, 11) is -12.5. The second kappa shape index (κ2) is 9.84. The largest absolute Gasteiger partial charge is 0.534 e. The summed E-state index contributed by atoms with van der Waals surface area (Å²) in [4.78, 5) is 0. The van der Waals surface area contributed by atoms with Crippen LogP contribution in [0.5, 0.6) is 11.5 Å². The van der Waals surface area contributed by atoms with Gasteiger partial charge in [0.1, 0.15) is 0 Å². The van der Waals surface area contributed by atoms with Crippen LogP contribution in [0.25, 0.3) is 32.7 Å². The fourth-order valence-electron chi connectivity index (χ4n) is 3.58. The van der Waals surface area contributed by atoms with Crippen LogP contribution in [0.4, 0.5) is 26.3 Å². The molecule has 0 N–H and O–H groups in total. The van der Waals surface area contributed by atoms with E-state index in [1.165, 1.54) is 36.4 Å². The molecule has 0 atom stereocenters. The van der Waals surface area contributed by atoms with Crippen LogP contribution in [0, 0.1) is 7.14 Å². The monoisotopic (exact) mass is 802 g/mol. The van der Waals surface area contributed by atoms with Crippen molar-refractivity contribution in [1.29, 1.82) is 0 Å². The number of fused-ring (bicyclic) bond motifs is 2. The van der Waals surface area contributed by atoms with Crippen molar-refractivity contribution in [2.75, 3.05) is 0 Å². The molecule has 0 aliphatic carbocycles. The minimum atomic E-state index is -6.24. The molecule has 0 fully saturated rings. The average Bonchev–Trinajstić information content (AvgIpc) is 2.78. The van der Waals surface area contributed by atoms with Gasteiger partial charge in [-0.05, 0) is 103 Å². The van der Waals surface area contributed by atoms with Gasteiger partial charge >= 0.3 is 31.3 Å². The van der Waals surface area contributed by atoms with Gasteiger partial charge in [-0.25, -0.2) is 0 Å². The van der Waals surface area contributed by atoms with E-state index in [1.54, 1.807) is 12.1 Å². The zero-order valence-corrected chi connectivity index (χ0v) is 24.0. The third kappa shape index (κ3) is 5.23. The molecule has 0 amide bonds. The topological polar surface area (TPSA) is 86.7 Å². The molecule has 4 rings (SSSR count). The molecule has 0 saturated heterocycles. The van der Waals surface area contributed by atoms with Gasteiger partial charge in [-0.2, -0.15) is 43.2 Å². The molecule has 0 aliphatic rings. The quantitative estimate of drug-likeness (QED) is 0.0911. The van der Waals surface area contributed by atoms with Crippen molar-refractivity contribution in [2.45, 2.75) is 11.0 Å². The second-order valence-corrected chi connectivity index (χ2v) is 12.9. The molecule has 0 heterocycles. The molecule has 0 saturated carbocycles. The van der Waals surface area contributed by atoms with E-state index < -0.39 is 53.9 Å². The molecule has 0 aromatic heterocycles. The van der Waals surface area contributed by atoms with Crippen molar-refractivity contribution in [1.82, 2.24) is 0 Å². The summed E-state index contributed by atoms with van der Waals surface area (Å²) >= 11 is 3.79. The predicted octanol–water partition coefficient (Wildman–Crippen LogP) is 7.33. The van der Waals surface area contributed by atoms with Crippen LogP contribution in [0.15, 0.2) is 60.7 Å². The summed E-state index contributed by atoms with van der Waals surface area (Å²) in [5, 5.41) is 0.860. The first-order chi connectivity index (χ1) is 17.4. The molecular weight excluding hydrogens is 792 g/mol. The van der Waals surface area contributed by atoms with Gasteiger partial charge in [0.05, 0.1) is 0 Å². The Balaban J connectivity index is 2.19. The molecule has 0 radical (unpaired) electrons. The SMILES string of the molecule is O=S(=O)(Oc1ccc2c(I)cccc2c1-c1c(OS(=O)(=O)C(F)(F)F)ccc2c(I)cccc12)C(F)(F)F. The summed E-state index contributed by atoms with van der Waals surface area (Å²) < 4.78 is 137. The van der Waals surface area contributed by atoms with E-state index in [2.05, 4.69) is 8.37 Å². The number of benzene rings is 4. The van der Waals surface area contributed by atoms with E-state index in [1.807, 2.05) is 45.2 Å². The van der Waals surface area contributed by atoms with Crippen molar-refractivity contribution in [3.8, 4) is 22.6 Å². The van der Waals surface area contributed by atoms with Crippen molar-refractivity contribution in [3.63, 3.8) is 0 Å². The van der Waals surface area contributed by atoms with Gasteiger partial charge in [0.2, 0.25) is 0 Å². The maximum absolute atomic E-state index is 13.2. The van der Waals surface area contributed by atoms with E-state index >= 15 is 0 Å². The highest BCUT2D eigenvalue weighted by Crippen LogP contribution is 2.48. The molecule has 0 bridgehead atoms. The third-order valence-corrected chi connectivity index (χ3v) is 8.97. The molecule has 38 heavy (non-hydrogen) atoms. The van der Waals surface area contributed by atoms with Gasteiger partial charge in [-0.3, -0.25) is 0 Å². The van der Waals surface area contributed by atoms with Crippen molar-refractivity contribution < 1.29 is 51.5 Å². The van der Waals surface area contributed by atoms with Crippen LogP contribution >= 0.6 is 45.2 Å². The highest BCUT2D eigenvalue weighted by Gasteiger charge is 2.50. The molecule has 16 heteroatoms. The standard InChI is InChI=1S/C22H10F6I2O6S2/c23-21(24,25)37(31,32)35-17-9-7-11-13(3-1-5-15(11)29)19(17)20-14-4-2-6-16(30)12(14)8-10-18(20)36-38(33,34)22(26,27)28/h1-10H. The minimum absolute atomic E-state index is 0.0624. The first-order valence-electron chi connectivity index (χ1n) is 9.89. The Kier molecular flexibility index (Phi) is 7.50. The molecule has 4 aromatic rings. The maximum Gasteiger partial charge on any atom is 0.534 e. The number of hydrogen-bond donors (Lipinski definition) is 0. The number of rotatable bonds is 5. The first-order valence-corrected chi connectivity index (χ1v) is 14.9. The lowest BCUT2D eigenvalue weighted by molar-refractivity contribution is -0.0505. The number of halogens is 8. The van der Waals surface area contributed by atoms with E-state index in [0.29, 0.717) is 17.9 Å². The van der Waals surface area contributed by atoms with Gasteiger partial charge in [-0.1, -0.05) is 24.3 Å². The highest BCUT2D eigenvalue weighted by molar-refractivity contribution is 14.1. The molecule has 0 spiro atoms. The Morgan fingerprint density at radius 3 is 1.18 bits per heavy atom. The Bertz CT molecular complexity index is 1670. The zero-order valence-electron chi connectivity index (χ0n) is 18.1.